The van der Waals surface area contributed by atoms with Crippen LogP contribution in [-0.2, 0) is 14.6 Å². The summed E-state index contributed by atoms with van der Waals surface area (Å²) in [5.74, 6) is 0.574. The summed E-state index contributed by atoms with van der Waals surface area (Å²) in [5.41, 5.74) is 0.673. The van der Waals surface area contributed by atoms with Gasteiger partial charge in [-0.2, -0.15) is 0 Å². The van der Waals surface area contributed by atoms with E-state index < -0.39 is 9.84 Å². The molecule has 0 atom stereocenters. The molecule has 0 radical (unpaired) electrons. The minimum Gasteiger partial charge on any atom is -0.302 e. The molecule has 1 aromatic heterocycles. The summed E-state index contributed by atoms with van der Waals surface area (Å²) in [5, 5.41) is 3.26. The van der Waals surface area contributed by atoms with Gasteiger partial charge in [0.1, 0.15) is 0 Å². The zero-order valence-corrected chi connectivity index (χ0v) is 15.9. The molecule has 0 bridgehead atoms. The molecule has 25 heavy (non-hydrogen) atoms. The van der Waals surface area contributed by atoms with Crippen molar-refractivity contribution in [3.05, 3.63) is 48.5 Å². The lowest BCUT2D eigenvalue weighted by atomic mass is 10.3. The van der Waals surface area contributed by atoms with E-state index in [0.29, 0.717) is 22.8 Å². The van der Waals surface area contributed by atoms with Gasteiger partial charge in [0, 0.05) is 23.3 Å². The molecular formula is C17H16N2O3S3. The molecular weight excluding hydrogens is 376 g/mol. The Balaban J connectivity index is 1.61. The topological polar surface area (TPSA) is 76.1 Å². The highest BCUT2D eigenvalue weighted by molar-refractivity contribution is 7.99. The minimum absolute atomic E-state index is 0.106. The highest BCUT2D eigenvalue weighted by Crippen LogP contribution is 2.28. The largest absolute Gasteiger partial charge is 0.302 e. The van der Waals surface area contributed by atoms with Crippen molar-refractivity contribution >= 4 is 54.2 Å². The maximum atomic E-state index is 12.1. The van der Waals surface area contributed by atoms with E-state index in [9.17, 15) is 13.2 Å². The van der Waals surface area contributed by atoms with Crippen molar-refractivity contribution in [1.29, 1.82) is 0 Å². The van der Waals surface area contributed by atoms with E-state index in [1.165, 1.54) is 23.7 Å². The first kappa shape index (κ1) is 17.9. The van der Waals surface area contributed by atoms with E-state index >= 15 is 0 Å². The molecule has 2 aromatic carbocycles. The molecule has 1 N–H and O–H groups in total. The number of nitrogens with zero attached hydrogens (tertiary/aromatic N) is 1. The summed E-state index contributed by atoms with van der Waals surface area (Å²) in [7, 11) is -3.26. The summed E-state index contributed by atoms with van der Waals surface area (Å²) < 4.78 is 24.0. The number of carbonyl (C=O) groups excluding carboxylic acids is 1. The summed E-state index contributed by atoms with van der Waals surface area (Å²) >= 11 is 2.90. The molecule has 1 amide bonds. The van der Waals surface area contributed by atoms with E-state index in [0.717, 1.165) is 9.60 Å². The molecule has 130 valence electrons. The van der Waals surface area contributed by atoms with Crippen LogP contribution in [0.15, 0.2) is 58.3 Å². The Hall–Kier alpha value is -1.90. The molecule has 0 aliphatic carbocycles. The zero-order valence-electron chi connectivity index (χ0n) is 13.4. The maximum absolute atomic E-state index is 12.1. The van der Waals surface area contributed by atoms with Crippen LogP contribution in [0.1, 0.15) is 6.42 Å². The summed E-state index contributed by atoms with van der Waals surface area (Å²) in [6.07, 6.45) is 1.55. The number of benzene rings is 2. The van der Waals surface area contributed by atoms with Gasteiger partial charge in [0.25, 0.3) is 0 Å². The van der Waals surface area contributed by atoms with Crippen molar-refractivity contribution in [2.75, 3.05) is 17.3 Å². The third kappa shape index (κ3) is 4.81. The van der Waals surface area contributed by atoms with E-state index in [1.54, 1.807) is 23.9 Å². The smallest absolute Gasteiger partial charge is 0.226 e. The Morgan fingerprint density at radius 1 is 1.20 bits per heavy atom. The lowest BCUT2D eigenvalue weighted by Gasteiger charge is -2.02. The number of aromatic nitrogens is 1. The van der Waals surface area contributed by atoms with Gasteiger partial charge in [-0.15, -0.1) is 11.8 Å². The Kier molecular flexibility index (Phi) is 5.41. The number of hydrogen-bond donors (Lipinski definition) is 1. The summed E-state index contributed by atoms with van der Waals surface area (Å²) in [6, 6.07) is 14.7. The second-order valence-electron chi connectivity index (χ2n) is 5.38. The van der Waals surface area contributed by atoms with Gasteiger partial charge >= 0.3 is 0 Å². The predicted molar refractivity (Wildman–Crippen MR) is 103 cm³/mol. The van der Waals surface area contributed by atoms with Gasteiger partial charge in [0.15, 0.2) is 15.0 Å². The van der Waals surface area contributed by atoms with Crippen LogP contribution in [0.2, 0.25) is 0 Å². The van der Waals surface area contributed by atoms with Gasteiger partial charge in [-0.3, -0.25) is 4.79 Å². The lowest BCUT2D eigenvalue weighted by Crippen LogP contribution is -2.11. The molecule has 0 aliphatic rings. The van der Waals surface area contributed by atoms with E-state index in [4.69, 9.17) is 0 Å². The minimum atomic E-state index is -3.26. The van der Waals surface area contributed by atoms with Crippen molar-refractivity contribution in [3.63, 3.8) is 0 Å². The number of thiazole rings is 1. The van der Waals surface area contributed by atoms with Gasteiger partial charge < -0.3 is 5.32 Å². The predicted octanol–water partition coefficient (Wildman–Crippen LogP) is 3.82. The third-order valence-electron chi connectivity index (χ3n) is 3.38. The Morgan fingerprint density at radius 3 is 2.68 bits per heavy atom. The zero-order chi connectivity index (χ0) is 17.9. The fourth-order valence-corrected chi connectivity index (χ4v) is 4.66. The van der Waals surface area contributed by atoms with Crippen LogP contribution < -0.4 is 5.32 Å². The van der Waals surface area contributed by atoms with Crippen molar-refractivity contribution in [1.82, 2.24) is 4.98 Å². The lowest BCUT2D eigenvalue weighted by molar-refractivity contribution is -0.115. The van der Waals surface area contributed by atoms with Crippen LogP contribution in [0.4, 0.5) is 5.13 Å². The number of thioether (sulfide) groups is 1. The molecule has 3 aromatic rings. The van der Waals surface area contributed by atoms with Crippen molar-refractivity contribution in [2.45, 2.75) is 16.2 Å². The maximum Gasteiger partial charge on any atom is 0.226 e. The monoisotopic (exact) mass is 392 g/mol. The van der Waals surface area contributed by atoms with Crippen molar-refractivity contribution in [3.8, 4) is 0 Å². The van der Waals surface area contributed by atoms with Crippen LogP contribution in [0.5, 0.6) is 0 Å². The number of sulfone groups is 1. The Bertz CT molecular complexity index is 998. The highest BCUT2D eigenvalue weighted by Gasteiger charge is 2.12. The average Bonchev–Trinajstić information content (AvgIpc) is 2.96. The second kappa shape index (κ2) is 7.55. The van der Waals surface area contributed by atoms with Gasteiger partial charge in [0.2, 0.25) is 5.91 Å². The third-order valence-corrected chi connectivity index (χ3v) is 6.43. The molecule has 0 saturated heterocycles. The van der Waals surface area contributed by atoms with E-state index in [-0.39, 0.29) is 10.8 Å². The van der Waals surface area contributed by atoms with Gasteiger partial charge in [-0.25, -0.2) is 13.4 Å². The fourth-order valence-electron chi connectivity index (χ4n) is 2.15. The molecule has 0 spiro atoms. The molecule has 1 heterocycles. The second-order valence-corrected chi connectivity index (χ2v) is 9.60. The molecule has 0 aliphatic heterocycles. The van der Waals surface area contributed by atoms with Crippen LogP contribution in [0, 0.1) is 0 Å². The number of hydrogen-bond acceptors (Lipinski definition) is 6. The van der Waals surface area contributed by atoms with E-state index in [1.807, 2.05) is 30.3 Å². The Morgan fingerprint density at radius 2 is 1.96 bits per heavy atom. The first-order valence-electron chi connectivity index (χ1n) is 7.50. The first-order chi connectivity index (χ1) is 11.9. The SMILES string of the molecule is CS(=O)(=O)c1ccc2nc(NC(=O)CCSc3ccccc3)sc2c1. The molecule has 0 saturated carbocycles. The van der Waals surface area contributed by atoms with Gasteiger partial charge in [-0.05, 0) is 30.3 Å². The van der Waals surface area contributed by atoms with Crippen LogP contribution in [-0.4, -0.2) is 31.3 Å². The molecule has 0 unspecified atom stereocenters. The normalized spacial score (nSPS) is 11.6. The van der Waals surface area contributed by atoms with E-state index in [2.05, 4.69) is 10.3 Å². The highest BCUT2D eigenvalue weighted by atomic mass is 32.2. The molecule has 3 rings (SSSR count). The Labute approximate surface area is 154 Å². The van der Waals surface area contributed by atoms with Crippen molar-refractivity contribution in [2.24, 2.45) is 0 Å². The van der Waals surface area contributed by atoms with Crippen LogP contribution in [0.25, 0.3) is 10.2 Å². The molecule has 5 nitrogen and oxygen atoms in total. The number of nitrogens with one attached hydrogen (secondary N) is 1. The van der Waals surface area contributed by atoms with Crippen molar-refractivity contribution < 1.29 is 13.2 Å². The van der Waals surface area contributed by atoms with Gasteiger partial charge in [0.05, 0.1) is 15.1 Å². The number of amides is 1. The number of fused-ring (bicyclic) bond motifs is 1. The molecule has 0 fully saturated rings. The van der Waals surface area contributed by atoms with Gasteiger partial charge in [-0.1, -0.05) is 29.5 Å². The number of rotatable bonds is 6. The van der Waals surface area contributed by atoms with Crippen LogP contribution in [0.3, 0.4) is 0 Å². The average molecular weight is 393 g/mol. The first-order valence-corrected chi connectivity index (χ1v) is 11.2. The number of anilines is 1. The number of carbonyl (C=O) groups is 1. The fraction of sp³-hybridized carbons (Fsp3) is 0.176. The molecule has 8 heteroatoms. The summed E-state index contributed by atoms with van der Waals surface area (Å²) in [4.78, 5) is 17.8. The standard InChI is InChI=1S/C17H16N2O3S3/c1-25(21,22)13-7-8-14-15(11-13)24-17(18-14)19-16(20)9-10-23-12-5-3-2-4-6-12/h2-8,11H,9-10H2,1H3,(H,18,19,20). The quantitative estimate of drug-likeness (QED) is 0.646. The summed E-state index contributed by atoms with van der Waals surface area (Å²) in [6.45, 7) is 0. The van der Waals surface area contributed by atoms with Crippen LogP contribution >= 0.6 is 23.1 Å².